The van der Waals surface area contributed by atoms with Gasteiger partial charge in [-0.3, -0.25) is 0 Å². The zero-order chi connectivity index (χ0) is 19.5. The second kappa shape index (κ2) is 5.90. The second-order valence-electron chi connectivity index (χ2n) is 7.63. The van der Waals surface area contributed by atoms with E-state index in [1.807, 2.05) is 44.4 Å². The summed E-state index contributed by atoms with van der Waals surface area (Å²) in [6.45, 7) is 1.84. The van der Waals surface area contributed by atoms with Crippen molar-refractivity contribution < 1.29 is 9.84 Å². The highest BCUT2D eigenvalue weighted by molar-refractivity contribution is 5.89. The van der Waals surface area contributed by atoms with Gasteiger partial charge in [0.2, 0.25) is 11.8 Å². The van der Waals surface area contributed by atoms with E-state index in [-0.39, 0.29) is 6.04 Å². The molecule has 9 nitrogen and oxygen atoms in total. The molecular formula is C19H21N7O2. The number of ether oxygens (including phenoxy) is 1. The first-order chi connectivity index (χ1) is 13.4. The highest BCUT2D eigenvalue weighted by Gasteiger charge is 2.38. The summed E-state index contributed by atoms with van der Waals surface area (Å²) >= 11 is 0. The Balaban J connectivity index is 1.56. The Morgan fingerprint density at radius 1 is 1.29 bits per heavy atom. The van der Waals surface area contributed by atoms with Crippen LogP contribution >= 0.6 is 0 Å². The Kier molecular flexibility index (Phi) is 3.57. The average Bonchev–Trinajstić information content (AvgIpc) is 3.23. The van der Waals surface area contributed by atoms with Crippen molar-refractivity contribution in [3.63, 3.8) is 0 Å². The molecule has 0 aliphatic heterocycles. The number of hydrogen-bond donors (Lipinski definition) is 2. The molecule has 28 heavy (non-hydrogen) atoms. The summed E-state index contributed by atoms with van der Waals surface area (Å²) in [5.41, 5.74) is 3.97. The van der Waals surface area contributed by atoms with E-state index in [1.165, 1.54) is 0 Å². The Hall–Kier alpha value is -3.20. The van der Waals surface area contributed by atoms with Crippen LogP contribution in [0.2, 0.25) is 0 Å². The van der Waals surface area contributed by atoms with Crippen LogP contribution in [0.1, 0.15) is 19.8 Å². The first-order valence-electron chi connectivity index (χ1n) is 9.16. The molecule has 2 N–H and O–H groups in total. The van der Waals surface area contributed by atoms with Crippen molar-refractivity contribution >= 4 is 22.5 Å². The molecule has 4 aromatic rings. The lowest BCUT2D eigenvalue weighted by atomic mass is 9.77. The number of aryl methyl sites for hydroxylation is 1. The van der Waals surface area contributed by atoms with Gasteiger partial charge in [0.1, 0.15) is 11.0 Å². The third-order valence-corrected chi connectivity index (χ3v) is 5.30. The molecule has 1 aliphatic carbocycles. The summed E-state index contributed by atoms with van der Waals surface area (Å²) in [7, 11) is 3.47. The summed E-state index contributed by atoms with van der Waals surface area (Å²) < 4.78 is 9.09. The number of fused-ring (bicyclic) bond motifs is 2. The van der Waals surface area contributed by atoms with Gasteiger partial charge in [-0.05, 0) is 43.5 Å². The maximum Gasteiger partial charge on any atom is 0.244 e. The number of benzene rings is 1. The predicted molar refractivity (Wildman–Crippen MR) is 104 cm³/mol. The van der Waals surface area contributed by atoms with E-state index in [0.29, 0.717) is 24.7 Å². The molecule has 1 aliphatic rings. The van der Waals surface area contributed by atoms with Crippen molar-refractivity contribution in [2.75, 3.05) is 12.4 Å². The van der Waals surface area contributed by atoms with Crippen LogP contribution in [0, 0.1) is 0 Å². The van der Waals surface area contributed by atoms with Crippen LogP contribution in [0.15, 0.2) is 30.5 Å². The van der Waals surface area contributed by atoms with Gasteiger partial charge >= 0.3 is 0 Å². The fourth-order valence-corrected chi connectivity index (χ4v) is 3.91. The smallest absolute Gasteiger partial charge is 0.244 e. The third kappa shape index (κ3) is 2.66. The molecule has 0 spiro atoms. The van der Waals surface area contributed by atoms with Crippen molar-refractivity contribution in [1.82, 2.24) is 29.6 Å². The Morgan fingerprint density at radius 2 is 2.11 bits per heavy atom. The number of methoxy groups -OCH3 is 1. The van der Waals surface area contributed by atoms with Gasteiger partial charge in [0, 0.05) is 24.8 Å². The molecule has 3 heterocycles. The monoisotopic (exact) mass is 379 g/mol. The van der Waals surface area contributed by atoms with Gasteiger partial charge in [-0.15, -0.1) is 10.2 Å². The molecular weight excluding hydrogens is 358 g/mol. The molecule has 3 aromatic heterocycles. The van der Waals surface area contributed by atoms with Gasteiger partial charge in [-0.1, -0.05) is 11.3 Å². The quantitative estimate of drug-likeness (QED) is 0.559. The van der Waals surface area contributed by atoms with Crippen molar-refractivity contribution in [2.24, 2.45) is 7.05 Å². The van der Waals surface area contributed by atoms with Crippen molar-refractivity contribution in [2.45, 2.75) is 31.4 Å². The number of nitrogens with zero attached hydrogens (tertiary/aromatic N) is 6. The molecule has 0 amide bonds. The molecule has 0 atom stereocenters. The van der Waals surface area contributed by atoms with E-state index in [1.54, 1.807) is 16.3 Å². The molecule has 1 aromatic carbocycles. The van der Waals surface area contributed by atoms with E-state index >= 15 is 0 Å². The van der Waals surface area contributed by atoms with Crippen LogP contribution in [-0.2, 0) is 7.05 Å². The van der Waals surface area contributed by atoms with E-state index in [4.69, 9.17) is 4.74 Å². The van der Waals surface area contributed by atoms with Gasteiger partial charge in [0.05, 0.1) is 18.2 Å². The first-order valence-corrected chi connectivity index (χ1v) is 9.16. The minimum atomic E-state index is -0.605. The van der Waals surface area contributed by atoms with Crippen LogP contribution in [0.3, 0.4) is 0 Å². The number of nitrogens with one attached hydrogen (secondary N) is 1. The Morgan fingerprint density at radius 3 is 2.86 bits per heavy atom. The molecule has 0 saturated heterocycles. The SMILES string of the molecule is COc1nc(NC2CC(C)(O)C2)nn2ccc(-c3ccc4nnn(C)c4c3)c12. The lowest BCUT2D eigenvalue weighted by molar-refractivity contribution is -0.0236. The number of aliphatic hydroxyl groups is 1. The maximum atomic E-state index is 9.92. The molecule has 5 rings (SSSR count). The Bertz CT molecular complexity index is 1190. The van der Waals surface area contributed by atoms with E-state index in [2.05, 4.69) is 25.7 Å². The van der Waals surface area contributed by atoms with Gasteiger partial charge in [0.15, 0.2) is 0 Å². The molecule has 0 bridgehead atoms. The van der Waals surface area contributed by atoms with Gasteiger partial charge in [0.25, 0.3) is 0 Å². The predicted octanol–water partition coefficient (Wildman–Crippen LogP) is 2.01. The fraction of sp³-hybridized carbons (Fsp3) is 0.368. The van der Waals surface area contributed by atoms with Crippen molar-refractivity contribution in [3.8, 4) is 17.0 Å². The highest BCUT2D eigenvalue weighted by atomic mass is 16.5. The van der Waals surface area contributed by atoms with Crippen LogP contribution in [0.25, 0.3) is 27.7 Å². The van der Waals surface area contributed by atoms with Crippen LogP contribution in [-0.4, -0.2) is 53.5 Å². The number of anilines is 1. The third-order valence-electron chi connectivity index (χ3n) is 5.30. The maximum absolute atomic E-state index is 9.92. The molecule has 144 valence electrons. The average molecular weight is 379 g/mol. The normalized spacial score (nSPS) is 21.8. The van der Waals surface area contributed by atoms with E-state index in [9.17, 15) is 5.11 Å². The minimum absolute atomic E-state index is 0.159. The van der Waals surface area contributed by atoms with Crippen LogP contribution < -0.4 is 10.1 Å². The van der Waals surface area contributed by atoms with Gasteiger partial charge < -0.3 is 15.2 Å². The van der Waals surface area contributed by atoms with Gasteiger partial charge in [-0.2, -0.15) is 4.98 Å². The van der Waals surface area contributed by atoms with Crippen molar-refractivity contribution in [3.05, 3.63) is 30.5 Å². The number of hydrogen-bond acceptors (Lipinski definition) is 7. The second-order valence-corrected chi connectivity index (χ2v) is 7.63. The van der Waals surface area contributed by atoms with Crippen LogP contribution in [0.4, 0.5) is 5.95 Å². The lowest BCUT2D eigenvalue weighted by Crippen LogP contribution is -2.48. The molecule has 0 radical (unpaired) electrons. The highest BCUT2D eigenvalue weighted by Crippen LogP contribution is 2.35. The number of rotatable bonds is 4. The summed E-state index contributed by atoms with van der Waals surface area (Å²) in [4.78, 5) is 4.54. The molecule has 1 saturated carbocycles. The summed E-state index contributed by atoms with van der Waals surface area (Å²) in [5.74, 6) is 0.977. The van der Waals surface area contributed by atoms with Gasteiger partial charge in [-0.25, -0.2) is 9.20 Å². The topological polar surface area (TPSA) is 102 Å². The first kappa shape index (κ1) is 16.9. The fourth-order valence-electron chi connectivity index (χ4n) is 3.91. The van der Waals surface area contributed by atoms with E-state index in [0.717, 1.165) is 27.7 Å². The van der Waals surface area contributed by atoms with Crippen LogP contribution in [0.5, 0.6) is 5.88 Å². The summed E-state index contributed by atoms with van der Waals surface area (Å²) in [5, 5.41) is 26.0. The minimum Gasteiger partial charge on any atom is -0.479 e. The lowest BCUT2D eigenvalue weighted by Gasteiger charge is -2.41. The summed E-state index contributed by atoms with van der Waals surface area (Å²) in [6.07, 6.45) is 3.24. The number of aromatic nitrogens is 6. The Labute approximate surface area is 160 Å². The molecule has 9 heteroatoms. The van der Waals surface area contributed by atoms with E-state index < -0.39 is 5.60 Å². The van der Waals surface area contributed by atoms with Crippen molar-refractivity contribution in [1.29, 1.82) is 0 Å². The largest absolute Gasteiger partial charge is 0.479 e. The molecule has 1 fully saturated rings. The zero-order valence-electron chi connectivity index (χ0n) is 15.9. The summed E-state index contributed by atoms with van der Waals surface area (Å²) in [6, 6.07) is 8.16. The standard InChI is InChI=1S/C19H21N7O2/c1-19(27)9-12(10-19)20-18-21-17(28-3)16-13(6-7-26(16)23-18)11-4-5-14-15(8-11)25(2)24-22-14/h4-8,12,27H,9-10H2,1-3H3,(H,20,23). The molecule has 0 unspecified atom stereocenters. The zero-order valence-corrected chi connectivity index (χ0v) is 15.9.